The van der Waals surface area contributed by atoms with Crippen molar-refractivity contribution in [2.75, 3.05) is 0 Å². The number of rotatable bonds is 10. The fraction of sp³-hybridized carbons (Fsp3) is 0.556. The average Bonchev–Trinajstić information content (AvgIpc) is 3.68. The number of ether oxygens (including phenoxy) is 5. The zero-order chi connectivity index (χ0) is 28.3. The molecule has 1 saturated carbocycles. The molecule has 0 bridgehead atoms. The molecule has 1 aromatic heterocycles. The monoisotopic (exact) mass is 553 g/mol. The van der Waals surface area contributed by atoms with E-state index in [1.54, 1.807) is 45.2 Å². The molecule has 1 saturated heterocycles. The van der Waals surface area contributed by atoms with Gasteiger partial charge in [-0.2, -0.15) is 8.78 Å². The van der Waals surface area contributed by atoms with Gasteiger partial charge in [-0.3, -0.25) is 0 Å². The van der Waals surface area contributed by atoms with Crippen LogP contribution in [0.3, 0.4) is 0 Å². The van der Waals surface area contributed by atoms with Crippen LogP contribution in [0.15, 0.2) is 36.5 Å². The summed E-state index contributed by atoms with van der Waals surface area (Å²) in [7, 11) is 0. The highest BCUT2D eigenvalue weighted by molar-refractivity contribution is 5.76. The Labute approximate surface area is 224 Å². The third-order valence-electron chi connectivity index (χ3n) is 5.99. The number of hydrogen-bond acceptors (Lipinski definition) is 10. The summed E-state index contributed by atoms with van der Waals surface area (Å²) in [5, 5.41) is 30.7. The number of aromatic nitrogens is 1. The molecule has 0 spiro atoms. The number of benzene rings is 1. The Morgan fingerprint density at radius 1 is 1.00 bits per heavy atom. The molecule has 2 aromatic rings. The third kappa shape index (κ3) is 7.98. The van der Waals surface area contributed by atoms with Gasteiger partial charge < -0.3 is 39.0 Å². The first-order valence-electron chi connectivity index (χ1n) is 12.7. The minimum Gasteiger partial charge on any atom is -0.487 e. The van der Waals surface area contributed by atoms with Crippen molar-refractivity contribution in [2.45, 2.75) is 95.5 Å². The molecule has 2 aliphatic rings. The van der Waals surface area contributed by atoms with Gasteiger partial charge >= 0.3 is 12.6 Å². The second-order valence-electron chi connectivity index (χ2n) is 10.5. The maximum absolute atomic E-state index is 12.7. The lowest BCUT2D eigenvalue weighted by atomic mass is 9.98. The van der Waals surface area contributed by atoms with Crippen LogP contribution < -0.4 is 14.2 Å². The first kappa shape index (κ1) is 28.9. The molecular formula is C27H33F2NO9. The fourth-order valence-electron chi connectivity index (χ4n) is 3.89. The lowest BCUT2D eigenvalue weighted by Gasteiger charge is -2.39. The standard InChI is InChI=1S/C27H33F2NO9/c1-27(2,3)39-24(34)23-21(32)20(31)22(33)25(38-23)37-19-11-7-15(13-30-19)5-4-14-6-10-17(36-26(28)29)18(12-14)35-16-8-9-16/h6-7,10-13,16,20-23,25-26,31-33H,4-5,8-9H2,1-3H3. The molecule has 0 radical (unpaired) electrons. The predicted molar refractivity (Wildman–Crippen MR) is 132 cm³/mol. The van der Waals surface area contributed by atoms with Crippen LogP contribution in [-0.4, -0.2) is 75.3 Å². The van der Waals surface area contributed by atoms with Gasteiger partial charge in [0.05, 0.1) is 6.10 Å². The van der Waals surface area contributed by atoms with Gasteiger partial charge in [0.2, 0.25) is 12.2 Å². The maximum Gasteiger partial charge on any atom is 0.387 e. The number of pyridine rings is 1. The molecule has 3 N–H and O–H groups in total. The first-order chi connectivity index (χ1) is 18.4. The van der Waals surface area contributed by atoms with Crippen LogP contribution in [0.4, 0.5) is 8.78 Å². The summed E-state index contributed by atoms with van der Waals surface area (Å²) in [6, 6.07) is 8.14. The van der Waals surface area contributed by atoms with E-state index in [4.69, 9.17) is 18.9 Å². The summed E-state index contributed by atoms with van der Waals surface area (Å²) in [4.78, 5) is 16.6. The number of hydrogen-bond donors (Lipinski definition) is 3. The zero-order valence-corrected chi connectivity index (χ0v) is 21.8. The van der Waals surface area contributed by atoms with E-state index in [9.17, 15) is 28.9 Å². The summed E-state index contributed by atoms with van der Waals surface area (Å²) in [6.07, 6.45) is -3.66. The summed E-state index contributed by atoms with van der Waals surface area (Å²) in [6.45, 7) is 1.98. The highest BCUT2D eigenvalue weighted by Gasteiger charge is 2.49. The summed E-state index contributed by atoms with van der Waals surface area (Å²) >= 11 is 0. The molecule has 39 heavy (non-hydrogen) atoms. The lowest BCUT2D eigenvalue weighted by molar-refractivity contribution is -0.275. The van der Waals surface area contributed by atoms with Crippen LogP contribution in [0.2, 0.25) is 0 Å². The van der Waals surface area contributed by atoms with E-state index in [0.717, 1.165) is 24.0 Å². The van der Waals surface area contributed by atoms with Crippen molar-refractivity contribution in [2.24, 2.45) is 0 Å². The van der Waals surface area contributed by atoms with Crippen molar-refractivity contribution in [3.8, 4) is 17.4 Å². The third-order valence-corrected chi connectivity index (χ3v) is 5.99. The van der Waals surface area contributed by atoms with Gasteiger partial charge in [0.25, 0.3) is 0 Å². The van der Waals surface area contributed by atoms with Gasteiger partial charge in [0.15, 0.2) is 17.6 Å². The molecule has 2 heterocycles. The Morgan fingerprint density at radius 2 is 1.69 bits per heavy atom. The highest BCUT2D eigenvalue weighted by atomic mass is 19.3. The lowest BCUT2D eigenvalue weighted by Crippen LogP contribution is -2.61. The molecule has 1 aliphatic carbocycles. The van der Waals surface area contributed by atoms with Crippen LogP contribution in [0, 0.1) is 0 Å². The second kappa shape index (κ2) is 12.0. The normalized spacial score (nSPS) is 25.3. The minimum absolute atomic E-state index is 0.00230. The number of aryl methyl sites for hydroxylation is 2. The molecule has 0 amide bonds. The fourth-order valence-corrected chi connectivity index (χ4v) is 3.89. The second-order valence-corrected chi connectivity index (χ2v) is 10.5. The van der Waals surface area contributed by atoms with Crippen molar-refractivity contribution >= 4 is 5.97 Å². The van der Waals surface area contributed by atoms with Gasteiger partial charge in [0, 0.05) is 12.3 Å². The topological polar surface area (TPSA) is 137 Å². The van der Waals surface area contributed by atoms with Crippen LogP contribution in [-0.2, 0) is 27.1 Å². The van der Waals surface area contributed by atoms with Crippen LogP contribution in [0.1, 0.15) is 44.7 Å². The SMILES string of the molecule is CC(C)(C)OC(=O)C1OC(Oc2ccc(CCc3ccc(OC(F)F)c(OC4CC4)c3)cn2)C(O)C(O)C1O. The summed E-state index contributed by atoms with van der Waals surface area (Å²) in [5.74, 6) is -0.553. The zero-order valence-electron chi connectivity index (χ0n) is 21.8. The molecule has 5 unspecified atom stereocenters. The van der Waals surface area contributed by atoms with Crippen molar-refractivity contribution in [1.29, 1.82) is 0 Å². The maximum atomic E-state index is 12.7. The molecular weight excluding hydrogens is 520 g/mol. The van der Waals surface area contributed by atoms with Crippen molar-refractivity contribution < 1.29 is 52.6 Å². The van der Waals surface area contributed by atoms with Gasteiger partial charge in [-0.1, -0.05) is 12.1 Å². The molecule has 1 aromatic carbocycles. The number of carbonyl (C=O) groups excluding carboxylic acids is 1. The number of carbonyl (C=O) groups is 1. The summed E-state index contributed by atoms with van der Waals surface area (Å²) in [5.41, 5.74) is 0.849. The molecule has 5 atom stereocenters. The van der Waals surface area contributed by atoms with E-state index in [2.05, 4.69) is 9.72 Å². The first-order valence-corrected chi connectivity index (χ1v) is 12.7. The summed E-state index contributed by atoms with van der Waals surface area (Å²) < 4.78 is 51.9. The smallest absolute Gasteiger partial charge is 0.387 e. The van der Waals surface area contributed by atoms with E-state index in [1.807, 2.05) is 0 Å². The van der Waals surface area contributed by atoms with E-state index in [0.29, 0.717) is 18.6 Å². The van der Waals surface area contributed by atoms with E-state index >= 15 is 0 Å². The molecule has 1 aliphatic heterocycles. The quantitative estimate of drug-likeness (QED) is 0.377. The van der Waals surface area contributed by atoms with Crippen molar-refractivity contribution in [3.63, 3.8) is 0 Å². The molecule has 12 heteroatoms. The van der Waals surface area contributed by atoms with Crippen LogP contribution >= 0.6 is 0 Å². The number of aliphatic hydroxyl groups is 3. The van der Waals surface area contributed by atoms with Crippen LogP contribution in [0.25, 0.3) is 0 Å². The average molecular weight is 554 g/mol. The van der Waals surface area contributed by atoms with Gasteiger partial charge in [-0.25, -0.2) is 9.78 Å². The molecule has 4 rings (SSSR count). The van der Waals surface area contributed by atoms with Crippen molar-refractivity contribution in [1.82, 2.24) is 4.98 Å². The van der Waals surface area contributed by atoms with E-state index < -0.39 is 48.9 Å². The number of nitrogens with zero attached hydrogens (tertiary/aromatic N) is 1. The Balaban J connectivity index is 1.36. The minimum atomic E-state index is -2.94. The Kier molecular flexibility index (Phi) is 8.90. The van der Waals surface area contributed by atoms with Gasteiger partial charge in [-0.15, -0.1) is 0 Å². The Hall–Kier alpha value is -3.06. The molecule has 2 fully saturated rings. The largest absolute Gasteiger partial charge is 0.487 e. The molecule has 214 valence electrons. The predicted octanol–water partition coefficient (Wildman–Crippen LogP) is 2.54. The van der Waals surface area contributed by atoms with E-state index in [-0.39, 0.29) is 17.7 Å². The van der Waals surface area contributed by atoms with Gasteiger partial charge in [-0.05, 0) is 69.7 Å². The number of alkyl halides is 2. The highest BCUT2D eigenvalue weighted by Crippen LogP contribution is 2.35. The number of esters is 1. The van der Waals surface area contributed by atoms with E-state index in [1.165, 1.54) is 12.1 Å². The van der Waals surface area contributed by atoms with Crippen molar-refractivity contribution in [3.05, 3.63) is 47.7 Å². The van der Waals surface area contributed by atoms with Gasteiger partial charge in [0.1, 0.15) is 23.9 Å². The Morgan fingerprint density at radius 3 is 2.31 bits per heavy atom. The number of aliphatic hydroxyl groups excluding tert-OH is 3. The van der Waals surface area contributed by atoms with Crippen LogP contribution in [0.5, 0.6) is 17.4 Å². The number of halogens is 2. The Bertz CT molecular complexity index is 1120. The molecule has 10 nitrogen and oxygen atoms in total.